The Balaban J connectivity index is 0.000001000. The van der Waals surface area contributed by atoms with E-state index in [4.69, 9.17) is 5.73 Å². The largest absolute Gasteiger partial charge is 0.326 e. The molecule has 0 saturated heterocycles. The van der Waals surface area contributed by atoms with Crippen LogP contribution in [0.5, 0.6) is 0 Å². The van der Waals surface area contributed by atoms with E-state index in [0.29, 0.717) is 6.54 Å². The molecule has 0 bridgehead atoms. The number of halogens is 2. The molecule has 11 heavy (non-hydrogen) atoms. The van der Waals surface area contributed by atoms with Gasteiger partial charge in [0.25, 0.3) is 0 Å². The highest BCUT2D eigenvalue weighted by Crippen LogP contribution is 2.19. The van der Waals surface area contributed by atoms with Gasteiger partial charge in [-0.25, -0.2) is 0 Å². The van der Waals surface area contributed by atoms with E-state index in [2.05, 4.69) is 28.9 Å². The predicted molar refractivity (Wildman–Crippen MR) is 54.0 cm³/mol. The SMILES string of the molecule is Cc1cccc(CN)c1Br.Cl. The van der Waals surface area contributed by atoms with E-state index in [1.54, 1.807) is 0 Å². The van der Waals surface area contributed by atoms with Crippen molar-refractivity contribution in [1.82, 2.24) is 0 Å². The maximum Gasteiger partial charge on any atom is 0.0249 e. The zero-order chi connectivity index (χ0) is 7.56. The number of nitrogens with two attached hydrogens (primary N) is 1. The third-order valence-electron chi connectivity index (χ3n) is 1.49. The van der Waals surface area contributed by atoms with Crippen molar-refractivity contribution in [3.8, 4) is 0 Å². The van der Waals surface area contributed by atoms with Crippen LogP contribution >= 0.6 is 28.3 Å². The second-order valence-corrected chi connectivity index (χ2v) is 3.05. The summed E-state index contributed by atoms with van der Waals surface area (Å²) >= 11 is 3.46. The van der Waals surface area contributed by atoms with Crippen LogP contribution in [0.4, 0.5) is 0 Å². The lowest BCUT2D eigenvalue weighted by Gasteiger charge is -2.02. The zero-order valence-electron chi connectivity index (χ0n) is 6.30. The summed E-state index contributed by atoms with van der Waals surface area (Å²) in [5.74, 6) is 0. The molecule has 0 aliphatic heterocycles. The van der Waals surface area contributed by atoms with Crippen LogP contribution in [-0.4, -0.2) is 0 Å². The molecule has 0 unspecified atom stereocenters. The number of hydrogen-bond donors (Lipinski definition) is 1. The monoisotopic (exact) mass is 235 g/mol. The van der Waals surface area contributed by atoms with Crippen molar-refractivity contribution in [2.24, 2.45) is 5.73 Å². The molecule has 3 heteroatoms. The summed E-state index contributed by atoms with van der Waals surface area (Å²) in [5.41, 5.74) is 7.90. The number of rotatable bonds is 1. The fourth-order valence-corrected chi connectivity index (χ4v) is 1.29. The fourth-order valence-electron chi connectivity index (χ4n) is 0.866. The first-order chi connectivity index (χ1) is 4.75. The minimum absolute atomic E-state index is 0. The van der Waals surface area contributed by atoms with Gasteiger partial charge in [-0.15, -0.1) is 12.4 Å². The fraction of sp³-hybridized carbons (Fsp3) is 0.250. The molecule has 0 aliphatic carbocycles. The molecule has 1 aromatic carbocycles. The molecule has 62 valence electrons. The lowest BCUT2D eigenvalue weighted by molar-refractivity contribution is 1.05. The van der Waals surface area contributed by atoms with E-state index < -0.39 is 0 Å². The van der Waals surface area contributed by atoms with Gasteiger partial charge in [-0.2, -0.15) is 0 Å². The Labute approximate surface area is 81.5 Å². The summed E-state index contributed by atoms with van der Waals surface area (Å²) < 4.78 is 1.14. The normalized spacial score (nSPS) is 9.00. The molecule has 1 rings (SSSR count). The summed E-state index contributed by atoms with van der Waals surface area (Å²) in [6.45, 7) is 2.66. The molecule has 2 N–H and O–H groups in total. The van der Waals surface area contributed by atoms with E-state index in [0.717, 1.165) is 4.47 Å². The summed E-state index contributed by atoms with van der Waals surface area (Å²) in [5, 5.41) is 0. The Kier molecular flexibility index (Phi) is 4.73. The van der Waals surface area contributed by atoms with Crippen molar-refractivity contribution >= 4 is 28.3 Å². The van der Waals surface area contributed by atoms with Gasteiger partial charge in [-0.05, 0) is 18.1 Å². The van der Waals surface area contributed by atoms with Crippen molar-refractivity contribution < 1.29 is 0 Å². The quantitative estimate of drug-likeness (QED) is 0.797. The Morgan fingerprint density at radius 3 is 2.55 bits per heavy atom. The van der Waals surface area contributed by atoms with Gasteiger partial charge >= 0.3 is 0 Å². The second-order valence-electron chi connectivity index (χ2n) is 2.25. The van der Waals surface area contributed by atoms with E-state index in [9.17, 15) is 0 Å². The molecule has 0 radical (unpaired) electrons. The van der Waals surface area contributed by atoms with Gasteiger partial charge in [-0.3, -0.25) is 0 Å². The van der Waals surface area contributed by atoms with Crippen LogP contribution < -0.4 is 5.73 Å². The minimum Gasteiger partial charge on any atom is -0.326 e. The van der Waals surface area contributed by atoms with E-state index in [-0.39, 0.29) is 12.4 Å². The maximum absolute atomic E-state index is 5.49. The van der Waals surface area contributed by atoms with Crippen molar-refractivity contribution in [1.29, 1.82) is 0 Å². The zero-order valence-corrected chi connectivity index (χ0v) is 8.71. The van der Waals surface area contributed by atoms with Crippen LogP contribution in [-0.2, 0) is 6.54 Å². The molecule has 1 aromatic rings. The molecule has 0 aliphatic rings. The Morgan fingerprint density at radius 1 is 1.45 bits per heavy atom. The van der Waals surface area contributed by atoms with Gasteiger partial charge < -0.3 is 5.73 Å². The molecular formula is C8H11BrClN. The average molecular weight is 237 g/mol. The Morgan fingerprint density at radius 2 is 2.09 bits per heavy atom. The number of aryl methyl sites for hydroxylation is 1. The molecule has 0 spiro atoms. The van der Waals surface area contributed by atoms with Crippen molar-refractivity contribution in [3.63, 3.8) is 0 Å². The van der Waals surface area contributed by atoms with Gasteiger partial charge in [-0.1, -0.05) is 34.1 Å². The highest BCUT2D eigenvalue weighted by molar-refractivity contribution is 9.10. The third-order valence-corrected chi connectivity index (χ3v) is 2.63. The van der Waals surface area contributed by atoms with Crippen LogP contribution in [0, 0.1) is 6.92 Å². The van der Waals surface area contributed by atoms with Crippen LogP contribution in [0.15, 0.2) is 22.7 Å². The lowest BCUT2D eigenvalue weighted by Crippen LogP contribution is -1.97. The maximum atomic E-state index is 5.49. The summed E-state index contributed by atoms with van der Waals surface area (Å²) in [6.07, 6.45) is 0. The third kappa shape index (κ3) is 2.47. The summed E-state index contributed by atoms with van der Waals surface area (Å²) in [7, 11) is 0. The molecule has 0 fully saturated rings. The molecule has 0 saturated carbocycles. The molecule has 0 atom stereocenters. The first-order valence-corrected chi connectivity index (χ1v) is 3.99. The van der Waals surface area contributed by atoms with E-state index >= 15 is 0 Å². The summed E-state index contributed by atoms with van der Waals surface area (Å²) in [4.78, 5) is 0. The van der Waals surface area contributed by atoms with Gasteiger partial charge in [0.15, 0.2) is 0 Å². The van der Waals surface area contributed by atoms with Crippen molar-refractivity contribution in [2.75, 3.05) is 0 Å². The van der Waals surface area contributed by atoms with Gasteiger partial charge in [0.05, 0.1) is 0 Å². The van der Waals surface area contributed by atoms with Gasteiger partial charge in [0, 0.05) is 11.0 Å². The van der Waals surface area contributed by atoms with Crippen LogP contribution in [0.25, 0.3) is 0 Å². The highest BCUT2D eigenvalue weighted by Gasteiger charge is 1.97. The minimum atomic E-state index is 0. The Bertz CT molecular complexity index is 238. The molecule has 0 amide bonds. The summed E-state index contributed by atoms with van der Waals surface area (Å²) in [6, 6.07) is 6.10. The first kappa shape index (κ1) is 11.0. The van der Waals surface area contributed by atoms with Gasteiger partial charge in [0.1, 0.15) is 0 Å². The second kappa shape index (κ2) is 4.75. The van der Waals surface area contributed by atoms with E-state index in [1.807, 2.05) is 12.1 Å². The number of benzene rings is 1. The average Bonchev–Trinajstić information content (AvgIpc) is 1.95. The van der Waals surface area contributed by atoms with Crippen LogP contribution in [0.1, 0.15) is 11.1 Å². The van der Waals surface area contributed by atoms with Crippen molar-refractivity contribution in [2.45, 2.75) is 13.5 Å². The standard InChI is InChI=1S/C8H10BrN.ClH/c1-6-3-2-4-7(5-10)8(6)9;/h2-4H,5,10H2,1H3;1H. The molecular weight excluding hydrogens is 225 g/mol. The first-order valence-electron chi connectivity index (χ1n) is 3.19. The van der Waals surface area contributed by atoms with E-state index in [1.165, 1.54) is 11.1 Å². The predicted octanol–water partition coefficient (Wildman–Crippen LogP) is 2.64. The molecule has 0 heterocycles. The Hall–Kier alpha value is -0.0500. The smallest absolute Gasteiger partial charge is 0.0249 e. The molecule has 1 nitrogen and oxygen atoms in total. The molecule has 0 aromatic heterocycles. The lowest BCUT2D eigenvalue weighted by atomic mass is 10.1. The van der Waals surface area contributed by atoms with Crippen molar-refractivity contribution in [3.05, 3.63) is 33.8 Å². The van der Waals surface area contributed by atoms with Crippen LogP contribution in [0.3, 0.4) is 0 Å². The van der Waals surface area contributed by atoms with Gasteiger partial charge in [0.2, 0.25) is 0 Å². The number of hydrogen-bond acceptors (Lipinski definition) is 1. The topological polar surface area (TPSA) is 26.0 Å². The van der Waals surface area contributed by atoms with Crippen LogP contribution in [0.2, 0.25) is 0 Å². The highest BCUT2D eigenvalue weighted by atomic mass is 79.9.